The van der Waals surface area contributed by atoms with Gasteiger partial charge in [-0.1, -0.05) is 13.0 Å². The average molecular weight is 241 g/mol. The smallest absolute Gasteiger partial charge is 0.204 e. The first-order valence-corrected chi connectivity index (χ1v) is 6.50. The highest BCUT2D eigenvalue weighted by atomic mass is 32.2. The topological polar surface area (TPSA) is 46.2 Å². The Balaban J connectivity index is 2.49. The van der Waals surface area contributed by atoms with Crippen molar-refractivity contribution in [3.05, 3.63) is 34.5 Å². The summed E-state index contributed by atoms with van der Waals surface area (Å²) in [6.45, 7) is 2.80. The quantitative estimate of drug-likeness (QED) is 0.873. The van der Waals surface area contributed by atoms with Crippen LogP contribution in [0.15, 0.2) is 28.0 Å². The Labute approximate surface area is 93.9 Å². The summed E-state index contributed by atoms with van der Waals surface area (Å²) in [7, 11) is -3.48. The van der Waals surface area contributed by atoms with E-state index in [1.165, 1.54) is 24.3 Å². The van der Waals surface area contributed by atoms with E-state index in [4.69, 9.17) is 0 Å². The third-order valence-electron chi connectivity index (χ3n) is 2.50. The van der Waals surface area contributed by atoms with Crippen LogP contribution < -0.4 is 5.32 Å². The van der Waals surface area contributed by atoms with E-state index >= 15 is 0 Å². The highest BCUT2D eigenvalue weighted by molar-refractivity contribution is 7.95. The monoisotopic (exact) mass is 241 g/mol. The second-order valence-electron chi connectivity index (χ2n) is 3.55. The van der Waals surface area contributed by atoms with Crippen molar-refractivity contribution in [3.8, 4) is 0 Å². The second-order valence-corrected chi connectivity index (χ2v) is 5.52. The maximum absolute atomic E-state index is 13.4. The Bertz CT molecular complexity index is 549. The van der Waals surface area contributed by atoms with E-state index in [1.54, 1.807) is 0 Å². The molecule has 1 aromatic rings. The number of hydrogen-bond acceptors (Lipinski definition) is 3. The zero-order chi connectivity index (χ0) is 11.8. The minimum atomic E-state index is -3.48. The van der Waals surface area contributed by atoms with Gasteiger partial charge in [-0.25, -0.2) is 12.8 Å². The molecule has 16 heavy (non-hydrogen) atoms. The van der Waals surface area contributed by atoms with Gasteiger partial charge in [0, 0.05) is 12.1 Å². The highest BCUT2D eigenvalue weighted by Crippen LogP contribution is 2.33. The van der Waals surface area contributed by atoms with Crippen molar-refractivity contribution < 1.29 is 12.8 Å². The number of sulfone groups is 1. The zero-order valence-corrected chi connectivity index (χ0v) is 9.64. The number of rotatable bonds is 3. The molecule has 1 heterocycles. The predicted molar refractivity (Wildman–Crippen MR) is 60.1 cm³/mol. The molecule has 0 fully saturated rings. The van der Waals surface area contributed by atoms with Gasteiger partial charge in [-0.05, 0) is 24.8 Å². The molecule has 1 N–H and O–H groups in total. The zero-order valence-electron chi connectivity index (χ0n) is 8.83. The maximum Gasteiger partial charge on any atom is 0.204 e. The van der Waals surface area contributed by atoms with Gasteiger partial charge in [0.25, 0.3) is 0 Å². The van der Waals surface area contributed by atoms with Gasteiger partial charge in [-0.2, -0.15) is 0 Å². The summed E-state index contributed by atoms with van der Waals surface area (Å²) in [5.41, 5.74) is 0.176. The lowest BCUT2D eigenvalue weighted by molar-refractivity contribution is 0.596. The normalized spacial score (nSPS) is 17.0. The van der Waals surface area contributed by atoms with Crippen LogP contribution in [-0.4, -0.2) is 21.5 Å². The molecule has 0 saturated heterocycles. The lowest BCUT2D eigenvalue weighted by atomic mass is 10.2. The Hall–Kier alpha value is -1.20. The lowest BCUT2D eigenvalue weighted by Crippen LogP contribution is -2.19. The molecule has 1 aliphatic heterocycles. The summed E-state index contributed by atoms with van der Waals surface area (Å²) in [4.78, 5) is 0.301. The number of nitrogens with one attached hydrogen (secondary N) is 1. The van der Waals surface area contributed by atoms with Crippen molar-refractivity contribution in [1.29, 1.82) is 0 Å². The largest absolute Gasteiger partial charge is 0.312 e. The van der Waals surface area contributed by atoms with E-state index in [0.717, 1.165) is 0 Å². The van der Waals surface area contributed by atoms with Crippen molar-refractivity contribution in [1.82, 2.24) is 5.32 Å². The fourth-order valence-corrected chi connectivity index (χ4v) is 3.22. The van der Waals surface area contributed by atoms with Gasteiger partial charge in [0.15, 0.2) is 0 Å². The van der Waals surface area contributed by atoms with Gasteiger partial charge < -0.3 is 5.32 Å². The molecule has 0 spiro atoms. The molecule has 5 heteroatoms. The Morgan fingerprint density at radius 3 is 2.75 bits per heavy atom. The molecule has 3 nitrogen and oxygen atoms in total. The molecule has 0 unspecified atom stereocenters. The van der Waals surface area contributed by atoms with Crippen LogP contribution in [0.5, 0.6) is 0 Å². The van der Waals surface area contributed by atoms with Crippen molar-refractivity contribution in [2.45, 2.75) is 11.8 Å². The molecule has 0 amide bonds. The molecule has 0 atom stereocenters. The van der Waals surface area contributed by atoms with Gasteiger partial charge in [0.1, 0.15) is 5.82 Å². The summed E-state index contributed by atoms with van der Waals surface area (Å²) in [6, 6.07) is 4.11. The molecule has 86 valence electrons. The first kappa shape index (κ1) is 11.3. The van der Waals surface area contributed by atoms with Gasteiger partial charge in [-0.3, -0.25) is 0 Å². The molecule has 0 aromatic heterocycles. The van der Waals surface area contributed by atoms with Gasteiger partial charge >= 0.3 is 0 Å². The SMILES string of the molecule is CCNCC1=Cc2c(F)cccc2S1(=O)=O. The van der Waals surface area contributed by atoms with Crippen molar-refractivity contribution in [2.75, 3.05) is 13.1 Å². The van der Waals surface area contributed by atoms with Gasteiger partial charge in [0.05, 0.1) is 9.80 Å². The van der Waals surface area contributed by atoms with E-state index in [-0.39, 0.29) is 21.9 Å². The number of benzene rings is 1. The second kappa shape index (κ2) is 3.99. The number of hydrogen-bond donors (Lipinski definition) is 1. The lowest BCUT2D eigenvalue weighted by Gasteiger charge is -2.03. The summed E-state index contributed by atoms with van der Waals surface area (Å²) in [5, 5.41) is 2.93. The fraction of sp³-hybridized carbons (Fsp3) is 0.273. The fourth-order valence-electron chi connectivity index (χ4n) is 1.67. The third kappa shape index (κ3) is 1.66. The van der Waals surface area contributed by atoms with Crippen molar-refractivity contribution in [2.24, 2.45) is 0 Å². The minimum absolute atomic E-state index is 0.0698. The molecule has 2 rings (SSSR count). The van der Waals surface area contributed by atoms with Crippen LogP contribution in [0.3, 0.4) is 0 Å². The minimum Gasteiger partial charge on any atom is -0.312 e. The molecule has 1 aromatic carbocycles. The van der Waals surface area contributed by atoms with Crippen molar-refractivity contribution in [3.63, 3.8) is 0 Å². The van der Waals surface area contributed by atoms with Crippen LogP contribution in [-0.2, 0) is 9.84 Å². The van der Waals surface area contributed by atoms with E-state index in [1.807, 2.05) is 6.92 Å². The summed E-state index contributed by atoms with van der Waals surface area (Å²) < 4.78 is 37.3. The Kier molecular flexibility index (Phi) is 2.82. The average Bonchev–Trinajstić information content (AvgIpc) is 2.50. The molecule has 0 radical (unpaired) electrons. The highest BCUT2D eigenvalue weighted by Gasteiger charge is 2.30. The number of halogens is 1. The van der Waals surface area contributed by atoms with Crippen molar-refractivity contribution >= 4 is 15.9 Å². The summed E-state index contributed by atoms with van der Waals surface area (Å²) >= 11 is 0. The Morgan fingerprint density at radius 2 is 2.12 bits per heavy atom. The molecule has 1 aliphatic rings. The van der Waals surface area contributed by atoms with E-state index in [2.05, 4.69) is 5.32 Å². The third-order valence-corrected chi connectivity index (χ3v) is 4.39. The van der Waals surface area contributed by atoms with Crippen LogP contribution in [0.2, 0.25) is 0 Å². The molecule has 0 bridgehead atoms. The first-order valence-electron chi connectivity index (χ1n) is 5.02. The molecular formula is C11H12FNO2S. The summed E-state index contributed by atoms with van der Waals surface area (Å²) in [6.07, 6.45) is 1.41. The standard InChI is InChI=1S/C11H12FNO2S/c1-2-13-7-8-6-9-10(12)4-3-5-11(9)16(8,14)15/h3-6,13H,2,7H2,1H3. The van der Waals surface area contributed by atoms with E-state index in [0.29, 0.717) is 6.54 Å². The van der Waals surface area contributed by atoms with E-state index < -0.39 is 15.7 Å². The van der Waals surface area contributed by atoms with E-state index in [9.17, 15) is 12.8 Å². The summed E-state index contributed by atoms with van der Waals surface area (Å²) in [5.74, 6) is -0.493. The Morgan fingerprint density at radius 1 is 1.38 bits per heavy atom. The van der Waals surface area contributed by atoms with Gasteiger partial charge in [0.2, 0.25) is 9.84 Å². The van der Waals surface area contributed by atoms with Crippen LogP contribution in [0.1, 0.15) is 12.5 Å². The predicted octanol–water partition coefficient (Wildman–Crippen LogP) is 1.56. The van der Waals surface area contributed by atoms with Crippen LogP contribution in [0.4, 0.5) is 4.39 Å². The first-order chi connectivity index (χ1) is 7.57. The molecule has 0 saturated carbocycles. The van der Waals surface area contributed by atoms with Crippen LogP contribution in [0.25, 0.3) is 6.08 Å². The van der Waals surface area contributed by atoms with Crippen LogP contribution >= 0.6 is 0 Å². The number of fused-ring (bicyclic) bond motifs is 1. The van der Waals surface area contributed by atoms with Gasteiger partial charge in [-0.15, -0.1) is 0 Å². The number of likely N-dealkylation sites (N-methyl/N-ethyl adjacent to an activating group) is 1. The maximum atomic E-state index is 13.4. The van der Waals surface area contributed by atoms with Crippen LogP contribution in [0, 0.1) is 5.82 Å². The molecule has 0 aliphatic carbocycles. The molecular weight excluding hydrogens is 229 g/mol.